The molecule has 0 aliphatic rings. The molecule has 0 atom stereocenters. The second-order valence-electron chi connectivity index (χ2n) is 3.99. The van der Waals surface area contributed by atoms with Crippen LogP contribution < -0.4 is 4.43 Å². The Labute approximate surface area is 94.6 Å². The summed E-state index contributed by atoms with van der Waals surface area (Å²) >= 11 is 0. The van der Waals surface area contributed by atoms with Gasteiger partial charge in [0.2, 0.25) is 8.32 Å². The number of benzene rings is 1. The molecule has 0 heterocycles. The maximum Gasteiger partial charge on any atom is 0.250 e. The molecular formula is C13H21OSi. The van der Waals surface area contributed by atoms with Crippen LogP contribution in [0.5, 0.6) is 5.75 Å². The lowest BCUT2D eigenvalue weighted by molar-refractivity contribution is 0.532. The summed E-state index contributed by atoms with van der Waals surface area (Å²) < 4.78 is 6.22. The van der Waals surface area contributed by atoms with Gasteiger partial charge >= 0.3 is 0 Å². The third-order valence-electron chi connectivity index (χ3n) is 3.19. The van der Waals surface area contributed by atoms with Gasteiger partial charge in [0.05, 0.1) is 0 Å². The van der Waals surface area contributed by atoms with Gasteiger partial charge in [-0.05, 0) is 42.8 Å². The van der Waals surface area contributed by atoms with Gasteiger partial charge in [0, 0.05) is 0 Å². The fourth-order valence-corrected chi connectivity index (χ4v) is 4.34. The van der Waals surface area contributed by atoms with Gasteiger partial charge in [0.1, 0.15) is 5.75 Å². The lowest BCUT2D eigenvalue weighted by Gasteiger charge is -2.28. The molecule has 1 rings (SSSR count). The van der Waals surface area contributed by atoms with Gasteiger partial charge in [-0.2, -0.15) is 0 Å². The van der Waals surface area contributed by atoms with Crippen molar-refractivity contribution in [3.05, 3.63) is 36.8 Å². The van der Waals surface area contributed by atoms with E-state index in [1.165, 1.54) is 18.1 Å². The van der Waals surface area contributed by atoms with Crippen molar-refractivity contribution >= 4 is 8.32 Å². The van der Waals surface area contributed by atoms with E-state index >= 15 is 0 Å². The first kappa shape index (κ1) is 12.3. The molecule has 0 aromatic heterocycles. The Hall–Kier alpha value is -0.763. The minimum absolute atomic E-state index is 1.01. The predicted molar refractivity (Wildman–Crippen MR) is 68.7 cm³/mol. The minimum Gasteiger partial charge on any atom is -0.544 e. The van der Waals surface area contributed by atoms with E-state index in [0.717, 1.165) is 11.3 Å². The van der Waals surface area contributed by atoms with Crippen LogP contribution in [0.4, 0.5) is 0 Å². The normalized spacial score (nSPS) is 11.5. The first-order valence-electron chi connectivity index (χ1n) is 5.77. The highest BCUT2D eigenvalue weighted by molar-refractivity contribution is 6.74. The standard InChI is InChI=1S/C13H21OSi/c1-5-15(6-2,7-3)14-13-10-8-12(4)9-11-13/h8-11H,4-7H2,1-3H3. The van der Waals surface area contributed by atoms with Crippen LogP contribution in [0.3, 0.4) is 0 Å². The molecule has 1 nitrogen and oxygen atoms in total. The van der Waals surface area contributed by atoms with Gasteiger partial charge < -0.3 is 4.43 Å². The predicted octanol–water partition coefficient (Wildman–Crippen LogP) is 4.25. The van der Waals surface area contributed by atoms with E-state index in [-0.39, 0.29) is 0 Å². The van der Waals surface area contributed by atoms with Gasteiger partial charge in [-0.15, -0.1) is 0 Å². The Morgan fingerprint density at radius 1 is 1.00 bits per heavy atom. The summed E-state index contributed by atoms with van der Waals surface area (Å²) in [5.74, 6) is 1.01. The van der Waals surface area contributed by atoms with Crippen LogP contribution in [0.15, 0.2) is 24.3 Å². The molecule has 0 aliphatic carbocycles. The number of hydrogen-bond donors (Lipinski definition) is 0. The van der Waals surface area contributed by atoms with Crippen LogP contribution >= 0.6 is 0 Å². The first-order chi connectivity index (χ1) is 7.15. The second-order valence-corrected chi connectivity index (χ2v) is 8.68. The summed E-state index contributed by atoms with van der Waals surface area (Å²) in [6.45, 7) is 10.6. The summed E-state index contributed by atoms with van der Waals surface area (Å²) in [5, 5.41) is 0. The quantitative estimate of drug-likeness (QED) is 0.675. The molecule has 1 aromatic carbocycles. The Kier molecular flexibility index (Phi) is 4.39. The van der Waals surface area contributed by atoms with Crippen molar-refractivity contribution in [1.29, 1.82) is 0 Å². The van der Waals surface area contributed by atoms with Gasteiger partial charge in [0.15, 0.2) is 0 Å². The van der Waals surface area contributed by atoms with Gasteiger partial charge in [-0.1, -0.05) is 32.9 Å². The van der Waals surface area contributed by atoms with E-state index in [0.29, 0.717) is 0 Å². The Balaban J connectivity index is 2.78. The highest BCUT2D eigenvalue weighted by Gasteiger charge is 2.30. The van der Waals surface area contributed by atoms with Crippen LogP contribution in [0.2, 0.25) is 18.1 Å². The van der Waals surface area contributed by atoms with Crippen LogP contribution in [0.25, 0.3) is 0 Å². The van der Waals surface area contributed by atoms with Crippen molar-refractivity contribution in [2.75, 3.05) is 0 Å². The lowest BCUT2D eigenvalue weighted by Crippen LogP contribution is -2.39. The topological polar surface area (TPSA) is 9.23 Å². The van der Waals surface area contributed by atoms with Gasteiger partial charge in [0.25, 0.3) is 0 Å². The third kappa shape index (κ3) is 3.10. The van der Waals surface area contributed by atoms with Crippen molar-refractivity contribution < 1.29 is 4.43 Å². The van der Waals surface area contributed by atoms with Gasteiger partial charge in [-0.3, -0.25) is 0 Å². The van der Waals surface area contributed by atoms with Crippen molar-refractivity contribution in [2.24, 2.45) is 0 Å². The number of hydrogen-bond acceptors (Lipinski definition) is 1. The van der Waals surface area contributed by atoms with Gasteiger partial charge in [-0.25, -0.2) is 0 Å². The Morgan fingerprint density at radius 3 is 1.87 bits per heavy atom. The lowest BCUT2D eigenvalue weighted by atomic mass is 10.2. The van der Waals surface area contributed by atoms with E-state index in [9.17, 15) is 0 Å². The minimum atomic E-state index is -1.50. The smallest absolute Gasteiger partial charge is 0.250 e. The van der Waals surface area contributed by atoms with Crippen molar-refractivity contribution in [1.82, 2.24) is 0 Å². The molecule has 0 N–H and O–H groups in total. The molecule has 0 saturated heterocycles. The average Bonchev–Trinajstić information content (AvgIpc) is 2.29. The maximum atomic E-state index is 6.22. The molecule has 0 fully saturated rings. The fraction of sp³-hybridized carbons (Fsp3) is 0.462. The summed E-state index contributed by atoms with van der Waals surface area (Å²) in [5.41, 5.74) is 1.04. The van der Waals surface area contributed by atoms with Crippen molar-refractivity contribution in [3.63, 3.8) is 0 Å². The zero-order chi connectivity index (χ0) is 11.3. The third-order valence-corrected chi connectivity index (χ3v) is 7.73. The van der Waals surface area contributed by atoms with Crippen LogP contribution in [0, 0.1) is 6.92 Å². The molecule has 0 amide bonds. The molecule has 0 bridgehead atoms. The van der Waals surface area contributed by atoms with E-state index in [1.54, 1.807) is 0 Å². The molecule has 0 saturated carbocycles. The molecule has 1 radical (unpaired) electrons. The zero-order valence-corrected chi connectivity index (χ0v) is 11.0. The molecule has 2 heteroatoms. The largest absolute Gasteiger partial charge is 0.544 e. The summed E-state index contributed by atoms with van der Waals surface area (Å²) in [7, 11) is -1.50. The summed E-state index contributed by atoms with van der Waals surface area (Å²) in [6, 6.07) is 11.6. The molecule has 1 aromatic rings. The molecule has 0 unspecified atom stereocenters. The zero-order valence-electron chi connectivity index (χ0n) is 10.0. The van der Waals surface area contributed by atoms with Crippen LogP contribution in [-0.2, 0) is 0 Å². The second kappa shape index (κ2) is 5.36. The molecule has 0 spiro atoms. The Morgan fingerprint density at radius 2 is 1.47 bits per heavy atom. The summed E-state index contributed by atoms with van der Waals surface area (Å²) in [6.07, 6.45) is 0. The molecular weight excluding hydrogens is 200 g/mol. The van der Waals surface area contributed by atoms with E-state index in [1.807, 2.05) is 24.3 Å². The summed E-state index contributed by atoms with van der Waals surface area (Å²) in [4.78, 5) is 0. The average molecular weight is 221 g/mol. The Bertz CT molecular complexity index is 280. The van der Waals surface area contributed by atoms with E-state index < -0.39 is 8.32 Å². The van der Waals surface area contributed by atoms with E-state index in [4.69, 9.17) is 4.43 Å². The highest BCUT2D eigenvalue weighted by atomic mass is 28.4. The first-order valence-corrected chi connectivity index (χ1v) is 8.29. The highest BCUT2D eigenvalue weighted by Crippen LogP contribution is 2.25. The molecule has 15 heavy (non-hydrogen) atoms. The van der Waals surface area contributed by atoms with Crippen molar-refractivity contribution in [2.45, 2.75) is 38.9 Å². The maximum absolute atomic E-state index is 6.22. The van der Waals surface area contributed by atoms with Crippen LogP contribution in [0.1, 0.15) is 26.3 Å². The SMILES string of the molecule is [CH2]c1ccc(O[Si](CC)(CC)CC)cc1. The number of rotatable bonds is 5. The van der Waals surface area contributed by atoms with E-state index in [2.05, 4.69) is 27.7 Å². The van der Waals surface area contributed by atoms with Crippen molar-refractivity contribution in [3.8, 4) is 5.75 Å². The molecule has 0 aliphatic heterocycles. The molecule has 83 valence electrons. The van der Waals surface area contributed by atoms with Crippen LogP contribution in [-0.4, -0.2) is 8.32 Å². The monoisotopic (exact) mass is 221 g/mol. The fourth-order valence-electron chi connectivity index (χ4n) is 1.77.